The third-order valence-corrected chi connectivity index (χ3v) is 4.53. The second-order valence-corrected chi connectivity index (χ2v) is 6.98. The Morgan fingerprint density at radius 3 is 1.90 bits per heavy atom. The second-order valence-electron chi connectivity index (χ2n) is 6.98. The highest BCUT2D eigenvalue weighted by Gasteiger charge is 2.25. The number of rotatable bonds is 4. The molecule has 1 aliphatic carbocycles. The van der Waals surface area contributed by atoms with E-state index >= 15 is 0 Å². The van der Waals surface area contributed by atoms with Gasteiger partial charge in [-0.25, -0.2) is 0 Å². The molecule has 0 radical (unpaired) electrons. The number of ketones is 1. The van der Waals surface area contributed by atoms with E-state index in [0.717, 1.165) is 5.56 Å². The summed E-state index contributed by atoms with van der Waals surface area (Å²) in [4.78, 5) is 12.9. The number of carbonyl (C=O) groups excluding carboxylic acids is 1. The lowest BCUT2D eigenvalue weighted by atomic mass is 9.81. The molecule has 0 amide bonds. The summed E-state index contributed by atoms with van der Waals surface area (Å²) in [7, 11) is 0. The highest BCUT2D eigenvalue weighted by Crippen LogP contribution is 2.32. The van der Waals surface area contributed by atoms with Crippen LogP contribution in [0.1, 0.15) is 30.9 Å². The van der Waals surface area contributed by atoms with Gasteiger partial charge in [-0.1, -0.05) is 31.2 Å². The summed E-state index contributed by atoms with van der Waals surface area (Å²) in [6.45, 7) is 2.06. The van der Waals surface area contributed by atoms with Crippen LogP contribution in [0, 0.1) is 5.92 Å². The highest BCUT2D eigenvalue weighted by atomic mass is 19.3. The standard InChI is InChI=1S/C23H19F3O3/c1-14-10-17(12-15-2-6-19(27)7-3-15)21(28)18(11-14)13-16-4-8-20(9-5-16)29-23(26)22(24)25/h2-9,12-14,27H,10-11H2,1H3. The highest BCUT2D eigenvalue weighted by molar-refractivity contribution is 6.14. The number of phenols is 1. The normalized spacial score (nSPS) is 19.4. The van der Waals surface area contributed by atoms with Crippen molar-refractivity contribution in [1.82, 2.24) is 0 Å². The van der Waals surface area contributed by atoms with Crippen LogP contribution in [-0.2, 0) is 4.79 Å². The van der Waals surface area contributed by atoms with E-state index in [1.807, 2.05) is 6.08 Å². The zero-order valence-corrected chi connectivity index (χ0v) is 15.7. The Hall–Kier alpha value is -3.28. The van der Waals surface area contributed by atoms with E-state index in [0.29, 0.717) is 29.6 Å². The molecule has 3 nitrogen and oxygen atoms in total. The van der Waals surface area contributed by atoms with Gasteiger partial charge in [0.05, 0.1) is 0 Å². The third-order valence-electron chi connectivity index (χ3n) is 4.53. The molecule has 1 atom stereocenters. The van der Waals surface area contributed by atoms with E-state index in [9.17, 15) is 23.1 Å². The van der Waals surface area contributed by atoms with E-state index in [4.69, 9.17) is 0 Å². The van der Waals surface area contributed by atoms with Gasteiger partial charge in [0.2, 0.25) is 0 Å². The van der Waals surface area contributed by atoms with Crippen molar-refractivity contribution in [2.24, 2.45) is 5.92 Å². The Bertz CT molecular complexity index is 983. The minimum Gasteiger partial charge on any atom is -0.508 e. The molecule has 1 aliphatic rings. The molecule has 1 saturated carbocycles. The van der Waals surface area contributed by atoms with Gasteiger partial charge in [0.1, 0.15) is 11.5 Å². The first kappa shape index (κ1) is 20.5. The molecule has 0 heterocycles. The van der Waals surface area contributed by atoms with Crippen LogP contribution in [0.15, 0.2) is 71.8 Å². The molecule has 29 heavy (non-hydrogen) atoms. The number of allylic oxidation sites excluding steroid dienone is 2. The average molecular weight is 400 g/mol. The van der Waals surface area contributed by atoms with Crippen LogP contribution in [0.25, 0.3) is 12.2 Å². The number of hydrogen-bond donors (Lipinski definition) is 1. The van der Waals surface area contributed by atoms with E-state index < -0.39 is 12.1 Å². The van der Waals surface area contributed by atoms with Crippen LogP contribution in [-0.4, -0.2) is 10.9 Å². The number of phenolic OH excluding ortho intramolecular Hbond substituents is 1. The van der Waals surface area contributed by atoms with E-state index in [1.54, 1.807) is 42.5 Å². The third kappa shape index (κ3) is 5.38. The van der Waals surface area contributed by atoms with Crippen LogP contribution in [0.3, 0.4) is 0 Å². The molecule has 0 spiro atoms. The van der Waals surface area contributed by atoms with Crippen LogP contribution >= 0.6 is 0 Å². The minimum atomic E-state index is -2.52. The number of Topliss-reactive ketones (excluding diaryl/α,β-unsaturated/α-hetero) is 1. The number of halogens is 3. The zero-order chi connectivity index (χ0) is 21.0. The Labute approximate surface area is 166 Å². The summed E-state index contributed by atoms with van der Waals surface area (Å²) in [5.41, 5.74) is 2.84. The maximum atomic E-state index is 12.9. The summed E-state index contributed by atoms with van der Waals surface area (Å²) >= 11 is 0. The SMILES string of the molecule is CC1CC(=Cc2ccc(O)cc2)C(=O)C(=Cc2ccc(OC(F)=C(F)F)cc2)C1. The Morgan fingerprint density at radius 2 is 1.41 bits per heavy atom. The summed E-state index contributed by atoms with van der Waals surface area (Å²) < 4.78 is 41.5. The van der Waals surface area contributed by atoms with Crippen molar-refractivity contribution < 1.29 is 27.8 Å². The number of aromatic hydroxyl groups is 1. The van der Waals surface area contributed by atoms with E-state index in [1.165, 1.54) is 12.1 Å². The predicted octanol–water partition coefficient (Wildman–Crippen LogP) is 6.27. The first-order valence-electron chi connectivity index (χ1n) is 9.05. The van der Waals surface area contributed by atoms with Gasteiger partial charge in [-0.05, 0) is 66.3 Å². The van der Waals surface area contributed by atoms with Gasteiger partial charge >= 0.3 is 12.1 Å². The van der Waals surface area contributed by atoms with Crippen molar-refractivity contribution in [1.29, 1.82) is 0 Å². The molecular formula is C23H19F3O3. The molecule has 2 aromatic carbocycles. The molecule has 6 heteroatoms. The number of carbonyl (C=O) groups is 1. The Kier molecular flexibility index (Phi) is 6.22. The maximum absolute atomic E-state index is 12.9. The maximum Gasteiger partial charge on any atom is 0.344 e. The topological polar surface area (TPSA) is 46.5 Å². The molecule has 0 bridgehead atoms. The van der Waals surface area contributed by atoms with Crippen LogP contribution < -0.4 is 4.74 Å². The summed E-state index contributed by atoms with van der Waals surface area (Å²) in [5.74, 6) is 0.323. The van der Waals surface area contributed by atoms with Gasteiger partial charge in [-0.15, -0.1) is 0 Å². The van der Waals surface area contributed by atoms with Crippen molar-refractivity contribution in [3.63, 3.8) is 0 Å². The fourth-order valence-corrected chi connectivity index (χ4v) is 3.21. The van der Waals surface area contributed by atoms with Gasteiger partial charge in [-0.2, -0.15) is 13.2 Å². The minimum absolute atomic E-state index is 0.0509. The van der Waals surface area contributed by atoms with Gasteiger partial charge in [0.25, 0.3) is 0 Å². The van der Waals surface area contributed by atoms with Crippen molar-refractivity contribution in [2.75, 3.05) is 0 Å². The molecule has 2 aromatic rings. The van der Waals surface area contributed by atoms with Crippen molar-refractivity contribution in [2.45, 2.75) is 19.8 Å². The Balaban J connectivity index is 1.82. The lowest BCUT2D eigenvalue weighted by molar-refractivity contribution is -0.113. The van der Waals surface area contributed by atoms with Crippen LogP contribution in [0.4, 0.5) is 13.2 Å². The number of hydrogen-bond acceptors (Lipinski definition) is 3. The molecule has 0 aliphatic heterocycles. The zero-order valence-electron chi connectivity index (χ0n) is 15.7. The van der Waals surface area contributed by atoms with Crippen molar-refractivity contribution in [3.05, 3.63) is 82.9 Å². The van der Waals surface area contributed by atoms with Gasteiger partial charge in [0.15, 0.2) is 5.78 Å². The molecule has 0 saturated heterocycles. The molecule has 150 valence electrons. The lowest BCUT2D eigenvalue weighted by Gasteiger charge is -2.22. The van der Waals surface area contributed by atoms with Gasteiger partial charge in [-0.3, -0.25) is 4.79 Å². The number of benzene rings is 2. The largest absolute Gasteiger partial charge is 0.508 e. The molecule has 0 aromatic heterocycles. The first-order chi connectivity index (χ1) is 13.8. The predicted molar refractivity (Wildman–Crippen MR) is 105 cm³/mol. The molecular weight excluding hydrogens is 381 g/mol. The van der Waals surface area contributed by atoms with Crippen molar-refractivity contribution in [3.8, 4) is 11.5 Å². The fraction of sp³-hybridized carbons (Fsp3) is 0.174. The smallest absolute Gasteiger partial charge is 0.344 e. The first-order valence-corrected chi connectivity index (χ1v) is 9.05. The monoisotopic (exact) mass is 400 g/mol. The Morgan fingerprint density at radius 1 is 0.931 bits per heavy atom. The molecule has 1 N–H and O–H groups in total. The van der Waals surface area contributed by atoms with Gasteiger partial charge in [0, 0.05) is 11.1 Å². The van der Waals surface area contributed by atoms with E-state index in [-0.39, 0.29) is 23.2 Å². The summed E-state index contributed by atoms with van der Waals surface area (Å²) in [6, 6.07) is 10.5. The number of ether oxygens (including phenoxy) is 1. The lowest BCUT2D eigenvalue weighted by Crippen LogP contribution is -2.18. The quantitative estimate of drug-likeness (QED) is 0.486. The molecule has 3 rings (SSSR count). The van der Waals surface area contributed by atoms with Gasteiger partial charge < -0.3 is 9.84 Å². The van der Waals surface area contributed by atoms with Crippen molar-refractivity contribution >= 4 is 17.9 Å². The average Bonchev–Trinajstić information content (AvgIpc) is 2.68. The fourth-order valence-electron chi connectivity index (χ4n) is 3.21. The summed E-state index contributed by atoms with van der Waals surface area (Å²) in [6.07, 6.45) is 2.32. The summed E-state index contributed by atoms with van der Waals surface area (Å²) in [5, 5.41) is 9.39. The molecule has 1 unspecified atom stereocenters. The second kappa shape index (κ2) is 8.82. The van der Waals surface area contributed by atoms with Crippen LogP contribution in [0.2, 0.25) is 0 Å². The van der Waals surface area contributed by atoms with Crippen LogP contribution in [0.5, 0.6) is 11.5 Å². The van der Waals surface area contributed by atoms with E-state index in [2.05, 4.69) is 11.7 Å². The molecule has 1 fully saturated rings.